The van der Waals surface area contributed by atoms with Crippen LogP contribution in [0.4, 0.5) is 0 Å². The van der Waals surface area contributed by atoms with Crippen LogP contribution in [0.25, 0.3) is 10.9 Å². The molecule has 0 aliphatic carbocycles. The minimum atomic E-state index is -3.49. The third-order valence-corrected chi connectivity index (χ3v) is 7.42. The van der Waals surface area contributed by atoms with Crippen molar-refractivity contribution in [2.75, 3.05) is 26.2 Å². The van der Waals surface area contributed by atoms with E-state index in [2.05, 4.69) is 14.9 Å². The molecule has 1 aliphatic heterocycles. The number of H-pyrrole nitrogens is 1. The second kappa shape index (κ2) is 7.70. The Labute approximate surface area is 170 Å². The van der Waals surface area contributed by atoms with Crippen LogP contribution >= 0.6 is 0 Å². The van der Waals surface area contributed by atoms with Crippen molar-refractivity contribution in [1.29, 1.82) is 0 Å². The molecule has 8 heteroatoms. The second-order valence-corrected chi connectivity index (χ2v) is 9.34. The summed E-state index contributed by atoms with van der Waals surface area (Å²) < 4.78 is 27.3. The number of hydrogen-bond acceptors (Lipinski definition) is 5. The van der Waals surface area contributed by atoms with Crippen molar-refractivity contribution >= 4 is 20.9 Å². The lowest BCUT2D eigenvalue weighted by Gasteiger charge is -2.37. The molecule has 0 amide bonds. The average molecular weight is 413 g/mol. The van der Waals surface area contributed by atoms with Crippen molar-refractivity contribution in [3.05, 3.63) is 70.3 Å². The topological polar surface area (TPSA) is 86.4 Å². The molecular weight excluding hydrogens is 388 g/mol. The van der Waals surface area contributed by atoms with Gasteiger partial charge in [0.1, 0.15) is 5.82 Å². The van der Waals surface area contributed by atoms with Gasteiger partial charge >= 0.3 is 0 Å². The normalized spacial score (nSPS) is 17.4. The molecule has 1 fully saturated rings. The van der Waals surface area contributed by atoms with Gasteiger partial charge in [0, 0.05) is 26.2 Å². The maximum absolute atomic E-state index is 12.9. The molecule has 0 bridgehead atoms. The lowest BCUT2D eigenvalue weighted by molar-refractivity contribution is 0.141. The van der Waals surface area contributed by atoms with Gasteiger partial charge in [-0.15, -0.1) is 0 Å². The fourth-order valence-corrected chi connectivity index (χ4v) is 5.09. The summed E-state index contributed by atoms with van der Waals surface area (Å²) in [6.45, 7) is 5.86. The highest BCUT2D eigenvalue weighted by Gasteiger charge is 2.31. The summed E-state index contributed by atoms with van der Waals surface area (Å²) >= 11 is 0. The average Bonchev–Trinajstić information content (AvgIpc) is 2.73. The SMILES string of the molecule is Cc1ccc(S(=O)(=O)N2CCN(C(C)c3nc4ccccc4c(=O)[nH]3)CC2)cc1. The zero-order chi connectivity index (χ0) is 20.6. The molecule has 29 heavy (non-hydrogen) atoms. The Morgan fingerprint density at radius 1 is 1.00 bits per heavy atom. The summed E-state index contributed by atoms with van der Waals surface area (Å²) in [6.07, 6.45) is 0. The molecule has 0 spiro atoms. The number of nitrogens with zero attached hydrogens (tertiary/aromatic N) is 3. The van der Waals surface area contributed by atoms with E-state index in [4.69, 9.17) is 0 Å². The number of nitrogens with one attached hydrogen (secondary N) is 1. The van der Waals surface area contributed by atoms with Crippen LogP contribution in [-0.4, -0.2) is 53.8 Å². The molecule has 1 saturated heterocycles. The Morgan fingerprint density at radius 2 is 1.66 bits per heavy atom. The van der Waals surface area contributed by atoms with Crippen molar-refractivity contribution in [3.8, 4) is 0 Å². The molecule has 0 saturated carbocycles. The minimum Gasteiger partial charge on any atom is -0.309 e. The molecule has 1 N–H and O–H groups in total. The lowest BCUT2D eigenvalue weighted by atomic mass is 10.2. The van der Waals surface area contributed by atoms with Gasteiger partial charge in [0.2, 0.25) is 10.0 Å². The van der Waals surface area contributed by atoms with E-state index in [9.17, 15) is 13.2 Å². The largest absolute Gasteiger partial charge is 0.309 e. The molecule has 3 aromatic rings. The van der Waals surface area contributed by atoms with Crippen molar-refractivity contribution in [2.45, 2.75) is 24.8 Å². The van der Waals surface area contributed by atoms with E-state index in [1.807, 2.05) is 44.2 Å². The Hall–Kier alpha value is -2.55. The number of aryl methyl sites for hydroxylation is 1. The highest BCUT2D eigenvalue weighted by molar-refractivity contribution is 7.89. The van der Waals surface area contributed by atoms with Gasteiger partial charge in [0.05, 0.1) is 21.8 Å². The maximum Gasteiger partial charge on any atom is 0.258 e. The Bertz CT molecular complexity index is 1180. The van der Waals surface area contributed by atoms with Gasteiger partial charge in [-0.3, -0.25) is 9.69 Å². The Kier molecular flexibility index (Phi) is 5.24. The van der Waals surface area contributed by atoms with Crippen LogP contribution in [0, 0.1) is 6.92 Å². The van der Waals surface area contributed by atoms with Crippen LogP contribution in [0.15, 0.2) is 58.2 Å². The molecule has 1 aromatic heterocycles. The van der Waals surface area contributed by atoms with E-state index in [0.29, 0.717) is 47.8 Å². The first-order valence-electron chi connectivity index (χ1n) is 9.66. The summed E-state index contributed by atoms with van der Waals surface area (Å²) in [5.41, 5.74) is 1.54. The minimum absolute atomic E-state index is 0.114. The summed E-state index contributed by atoms with van der Waals surface area (Å²) in [5.74, 6) is 0.601. The summed E-state index contributed by atoms with van der Waals surface area (Å²) in [4.78, 5) is 22.3. The fourth-order valence-electron chi connectivity index (χ4n) is 3.67. The van der Waals surface area contributed by atoms with Crippen molar-refractivity contribution in [1.82, 2.24) is 19.2 Å². The van der Waals surface area contributed by atoms with Crippen LogP contribution in [0.5, 0.6) is 0 Å². The Balaban J connectivity index is 1.49. The predicted octanol–water partition coefficient (Wildman–Crippen LogP) is 2.30. The van der Waals surface area contributed by atoms with Crippen LogP contribution in [0.2, 0.25) is 0 Å². The van der Waals surface area contributed by atoms with Gasteiger partial charge in [-0.05, 0) is 38.1 Å². The van der Waals surface area contributed by atoms with E-state index in [1.54, 1.807) is 18.2 Å². The van der Waals surface area contributed by atoms with Gasteiger partial charge in [-0.1, -0.05) is 29.8 Å². The van der Waals surface area contributed by atoms with Gasteiger partial charge in [-0.25, -0.2) is 13.4 Å². The number of fused-ring (bicyclic) bond motifs is 1. The number of benzene rings is 2. The van der Waals surface area contributed by atoms with Gasteiger partial charge in [0.15, 0.2) is 0 Å². The summed E-state index contributed by atoms with van der Waals surface area (Å²) in [7, 11) is -3.49. The monoisotopic (exact) mass is 412 g/mol. The van der Waals surface area contributed by atoms with E-state index in [1.165, 1.54) is 4.31 Å². The number of aromatic nitrogens is 2. The standard InChI is InChI=1S/C21H24N4O3S/c1-15-7-9-17(10-8-15)29(27,28)25-13-11-24(12-14-25)16(2)20-22-19-6-4-3-5-18(19)21(26)23-20/h3-10,16H,11-14H2,1-2H3,(H,22,23,26). The van der Waals surface area contributed by atoms with E-state index in [-0.39, 0.29) is 11.6 Å². The number of hydrogen-bond donors (Lipinski definition) is 1. The second-order valence-electron chi connectivity index (χ2n) is 7.40. The first-order chi connectivity index (χ1) is 13.9. The van der Waals surface area contributed by atoms with Crippen molar-refractivity contribution in [3.63, 3.8) is 0 Å². The van der Waals surface area contributed by atoms with E-state index < -0.39 is 10.0 Å². The maximum atomic E-state index is 12.9. The molecule has 2 heterocycles. The van der Waals surface area contributed by atoms with Gasteiger partial charge < -0.3 is 4.98 Å². The third kappa shape index (κ3) is 3.83. The molecule has 1 unspecified atom stereocenters. The van der Waals surface area contributed by atoms with Gasteiger partial charge in [-0.2, -0.15) is 4.31 Å². The Morgan fingerprint density at radius 3 is 2.34 bits per heavy atom. The lowest BCUT2D eigenvalue weighted by Crippen LogP contribution is -2.49. The van der Waals surface area contributed by atoms with Crippen LogP contribution < -0.4 is 5.56 Å². The van der Waals surface area contributed by atoms with E-state index >= 15 is 0 Å². The number of sulfonamides is 1. The molecule has 4 rings (SSSR count). The number of piperazine rings is 1. The molecule has 0 radical (unpaired) electrons. The van der Waals surface area contributed by atoms with E-state index in [0.717, 1.165) is 5.56 Å². The van der Waals surface area contributed by atoms with Crippen molar-refractivity contribution in [2.24, 2.45) is 0 Å². The molecule has 1 aliphatic rings. The first-order valence-corrected chi connectivity index (χ1v) is 11.1. The highest BCUT2D eigenvalue weighted by atomic mass is 32.2. The molecule has 7 nitrogen and oxygen atoms in total. The smallest absolute Gasteiger partial charge is 0.258 e. The van der Waals surface area contributed by atoms with Crippen LogP contribution in [0.1, 0.15) is 24.4 Å². The highest BCUT2D eigenvalue weighted by Crippen LogP contribution is 2.23. The molecule has 2 aromatic carbocycles. The quantitative estimate of drug-likeness (QED) is 0.711. The number of rotatable bonds is 4. The first kappa shape index (κ1) is 19.8. The summed E-state index contributed by atoms with van der Waals surface area (Å²) in [6, 6.07) is 14.1. The molecule has 1 atom stereocenters. The third-order valence-electron chi connectivity index (χ3n) is 5.51. The number of para-hydroxylation sites is 1. The van der Waals surface area contributed by atoms with Crippen molar-refractivity contribution < 1.29 is 8.42 Å². The van der Waals surface area contributed by atoms with Gasteiger partial charge in [0.25, 0.3) is 5.56 Å². The molecular formula is C21H24N4O3S. The fraction of sp³-hybridized carbons (Fsp3) is 0.333. The van der Waals surface area contributed by atoms with Crippen LogP contribution in [-0.2, 0) is 10.0 Å². The summed E-state index contributed by atoms with van der Waals surface area (Å²) in [5, 5.41) is 0.567. The number of aromatic amines is 1. The van der Waals surface area contributed by atoms with Crippen LogP contribution in [0.3, 0.4) is 0 Å². The predicted molar refractivity (Wildman–Crippen MR) is 112 cm³/mol. The zero-order valence-electron chi connectivity index (χ0n) is 16.5. The zero-order valence-corrected chi connectivity index (χ0v) is 17.3. The molecule has 152 valence electrons.